The molecule has 1 unspecified atom stereocenters. The lowest BCUT2D eigenvalue weighted by molar-refractivity contribution is -0.192. The topological polar surface area (TPSA) is 78.9 Å². The van der Waals surface area contributed by atoms with Crippen LogP contribution in [0.4, 0.5) is 13.2 Å². The number of aliphatic carboxylic acids is 1. The summed E-state index contributed by atoms with van der Waals surface area (Å²) in [6, 6.07) is 11.0. The van der Waals surface area contributed by atoms with Gasteiger partial charge in [0.15, 0.2) is 0 Å². The highest BCUT2D eigenvalue weighted by Crippen LogP contribution is 2.46. The zero-order valence-electron chi connectivity index (χ0n) is 19.2. The Labute approximate surface area is 206 Å². The molecule has 35 heavy (non-hydrogen) atoms. The van der Waals surface area contributed by atoms with Crippen LogP contribution in [-0.2, 0) is 16.1 Å². The van der Waals surface area contributed by atoms with Gasteiger partial charge < -0.3 is 15.2 Å². The third-order valence-electron chi connectivity index (χ3n) is 6.67. The molecule has 190 valence electrons. The summed E-state index contributed by atoms with van der Waals surface area (Å²) >= 11 is 1.77. The second-order valence-electron chi connectivity index (χ2n) is 9.48. The fourth-order valence-corrected chi connectivity index (χ4v) is 5.39. The lowest BCUT2D eigenvalue weighted by Crippen LogP contribution is -2.50. The van der Waals surface area contributed by atoms with E-state index in [1.165, 1.54) is 11.1 Å². The minimum absolute atomic E-state index is 0.121. The summed E-state index contributed by atoms with van der Waals surface area (Å²) < 4.78 is 38.3. The Morgan fingerprint density at radius 2 is 1.86 bits per heavy atom. The molecule has 1 saturated carbocycles. The number of hydrogen-bond donors (Lipinski definition) is 2. The number of alkyl halides is 3. The average molecular weight is 511 g/mol. The minimum Gasteiger partial charge on any atom is -0.487 e. The van der Waals surface area contributed by atoms with Gasteiger partial charge in [-0.2, -0.15) is 24.5 Å². The summed E-state index contributed by atoms with van der Waals surface area (Å²) in [6.45, 7) is 3.14. The van der Waals surface area contributed by atoms with Crippen LogP contribution in [-0.4, -0.2) is 52.8 Å². The Morgan fingerprint density at radius 1 is 1.17 bits per heavy atom. The third kappa shape index (κ3) is 6.98. The van der Waals surface area contributed by atoms with Crippen molar-refractivity contribution in [3.63, 3.8) is 0 Å². The third-order valence-corrected chi connectivity index (χ3v) is 7.41. The molecule has 2 aliphatic heterocycles. The highest BCUT2D eigenvalue weighted by Gasteiger charge is 2.44. The Kier molecular flexibility index (Phi) is 7.70. The molecule has 0 radical (unpaired) electrons. The first-order valence-electron chi connectivity index (χ1n) is 11.7. The number of carbonyl (C=O) groups excluding carboxylic acids is 1. The highest BCUT2D eigenvalue weighted by atomic mass is 32.1. The first-order chi connectivity index (χ1) is 16.6. The number of fused-ring (bicyclic) bond motifs is 1. The molecule has 1 aromatic carbocycles. The van der Waals surface area contributed by atoms with Crippen LogP contribution in [0.15, 0.2) is 41.1 Å². The van der Waals surface area contributed by atoms with Crippen molar-refractivity contribution in [3.05, 3.63) is 52.2 Å². The number of amides is 1. The Bertz CT molecular complexity index is 1020. The van der Waals surface area contributed by atoms with Gasteiger partial charge in [-0.1, -0.05) is 18.2 Å². The van der Waals surface area contributed by atoms with Crippen LogP contribution < -0.4 is 10.1 Å². The molecular weight excluding hydrogens is 481 g/mol. The number of rotatable bonds is 5. The van der Waals surface area contributed by atoms with Gasteiger partial charge in [0.25, 0.3) is 0 Å². The summed E-state index contributed by atoms with van der Waals surface area (Å²) in [6.07, 6.45) is 0.796. The van der Waals surface area contributed by atoms with Crippen LogP contribution in [0.5, 0.6) is 5.75 Å². The zero-order valence-corrected chi connectivity index (χ0v) is 20.0. The molecule has 5 rings (SSSR count). The summed E-state index contributed by atoms with van der Waals surface area (Å²) in [5, 5.41) is 14.7. The van der Waals surface area contributed by atoms with Crippen molar-refractivity contribution in [2.24, 2.45) is 0 Å². The molecule has 1 atom stereocenters. The van der Waals surface area contributed by atoms with Gasteiger partial charge in [-0.3, -0.25) is 9.69 Å². The standard InChI is InChI=1S/C23H28N2O2S.C2HF3O2/c26-22(24-19-5-6-19)13-18-14-23(27-21-4-2-1-3-20(18)21)8-10-25(11-9-23)15-17-7-12-28-16-17;3-2(4,5)1(6)7/h1-4,7,12,16,18-19H,5-6,8-11,13-15H2,(H,24,26);(H,6,7). The lowest BCUT2D eigenvalue weighted by Gasteiger charge is -2.47. The number of carbonyl (C=O) groups is 2. The van der Waals surface area contributed by atoms with E-state index in [0.29, 0.717) is 12.5 Å². The molecule has 2 aromatic rings. The number of halogens is 3. The van der Waals surface area contributed by atoms with Crippen molar-refractivity contribution in [1.82, 2.24) is 10.2 Å². The van der Waals surface area contributed by atoms with Crippen LogP contribution in [0, 0.1) is 0 Å². The van der Waals surface area contributed by atoms with Gasteiger partial charge in [0, 0.05) is 38.0 Å². The van der Waals surface area contributed by atoms with E-state index in [1.54, 1.807) is 11.3 Å². The number of carboxylic acid groups (broad SMARTS) is 1. The quantitative estimate of drug-likeness (QED) is 0.595. The van der Waals surface area contributed by atoms with Gasteiger partial charge in [-0.25, -0.2) is 4.79 Å². The Hall–Kier alpha value is -2.59. The molecule has 3 aliphatic rings. The zero-order chi connectivity index (χ0) is 25.1. The first kappa shape index (κ1) is 25.5. The summed E-state index contributed by atoms with van der Waals surface area (Å²) in [5.41, 5.74) is 2.49. The van der Waals surface area contributed by atoms with E-state index in [-0.39, 0.29) is 17.4 Å². The van der Waals surface area contributed by atoms with Crippen LogP contribution in [0.1, 0.15) is 55.6 Å². The molecule has 1 aliphatic carbocycles. The number of para-hydroxylation sites is 1. The number of ether oxygens (including phenoxy) is 1. The smallest absolute Gasteiger partial charge is 0.487 e. The number of carboxylic acids is 1. The number of piperidine rings is 1. The van der Waals surface area contributed by atoms with E-state index in [9.17, 15) is 18.0 Å². The van der Waals surface area contributed by atoms with Crippen molar-refractivity contribution < 1.29 is 32.6 Å². The summed E-state index contributed by atoms with van der Waals surface area (Å²) in [7, 11) is 0. The van der Waals surface area contributed by atoms with Crippen molar-refractivity contribution in [2.75, 3.05) is 13.1 Å². The fourth-order valence-electron chi connectivity index (χ4n) is 4.73. The molecule has 1 amide bonds. The SMILES string of the molecule is O=C(CC1CC2(CCN(Cc3ccsc3)CC2)Oc2ccccc21)NC1CC1.O=C(O)C(F)(F)F. The van der Waals surface area contributed by atoms with Gasteiger partial charge in [-0.05, 0) is 66.1 Å². The predicted octanol–water partition coefficient (Wildman–Crippen LogP) is 4.95. The largest absolute Gasteiger partial charge is 0.490 e. The Morgan fingerprint density at radius 3 is 2.46 bits per heavy atom. The summed E-state index contributed by atoms with van der Waals surface area (Å²) in [5.74, 6) is -1.31. The van der Waals surface area contributed by atoms with E-state index < -0.39 is 12.1 Å². The predicted molar refractivity (Wildman–Crippen MR) is 125 cm³/mol. The molecule has 1 spiro atoms. The number of thiophene rings is 1. The monoisotopic (exact) mass is 510 g/mol. The van der Waals surface area contributed by atoms with Crippen LogP contribution >= 0.6 is 11.3 Å². The maximum atomic E-state index is 12.5. The molecule has 2 fully saturated rings. The van der Waals surface area contributed by atoms with Crippen molar-refractivity contribution in [3.8, 4) is 5.75 Å². The molecule has 6 nitrogen and oxygen atoms in total. The molecular formula is C25H29F3N2O4S. The van der Waals surface area contributed by atoms with Gasteiger partial charge >= 0.3 is 12.1 Å². The minimum atomic E-state index is -5.08. The summed E-state index contributed by atoms with van der Waals surface area (Å²) in [4.78, 5) is 23.9. The van der Waals surface area contributed by atoms with E-state index in [2.05, 4.69) is 45.2 Å². The second-order valence-corrected chi connectivity index (χ2v) is 10.3. The van der Waals surface area contributed by atoms with E-state index in [0.717, 1.165) is 57.5 Å². The molecule has 10 heteroatoms. The average Bonchev–Trinajstić information content (AvgIpc) is 3.46. The van der Waals surface area contributed by atoms with Crippen LogP contribution in [0.2, 0.25) is 0 Å². The maximum absolute atomic E-state index is 12.5. The molecule has 1 aromatic heterocycles. The van der Waals surface area contributed by atoms with Crippen LogP contribution in [0.25, 0.3) is 0 Å². The fraction of sp³-hybridized carbons (Fsp3) is 0.520. The van der Waals surface area contributed by atoms with Gasteiger partial charge in [-0.15, -0.1) is 0 Å². The number of nitrogens with one attached hydrogen (secondary N) is 1. The van der Waals surface area contributed by atoms with E-state index in [1.807, 2.05) is 6.07 Å². The van der Waals surface area contributed by atoms with E-state index in [4.69, 9.17) is 14.6 Å². The molecule has 2 N–H and O–H groups in total. The van der Waals surface area contributed by atoms with Gasteiger partial charge in [0.1, 0.15) is 11.4 Å². The van der Waals surface area contributed by atoms with Crippen molar-refractivity contribution >= 4 is 23.2 Å². The number of benzene rings is 1. The van der Waals surface area contributed by atoms with Crippen molar-refractivity contribution in [1.29, 1.82) is 0 Å². The normalized spacial score (nSPS) is 21.3. The highest BCUT2D eigenvalue weighted by molar-refractivity contribution is 7.07. The number of nitrogens with zero attached hydrogens (tertiary/aromatic N) is 1. The number of hydrogen-bond acceptors (Lipinski definition) is 5. The van der Waals surface area contributed by atoms with Crippen LogP contribution in [0.3, 0.4) is 0 Å². The lowest BCUT2D eigenvalue weighted by atomic mass is 9.76. The molecule has 3 heterocycles. The van der Waals surface area contributed by atoms with Crippen molar-refractivity contribution in [2.45, 2.75) is 68.8 Å². The maximum Gasteiger partial charge on any atom is 0.490 e. The first-order valence-corrected chi connectivity index (χ1v) is 12.7. The number of likely N-dealkylation sites (tertiary alicyclic amines) is 1. The molecule has 0 bridgehead atoms. The second kappa shape index (κ2) is 10.6. The molecule has 1 saturated heterocycles. The Balaban J connectivity index is 0.000000364. The van der Waals surface area contributed by atoms with Gasteiger partial charge in [0.05, 0.1) is 0 Å². The van der Waals surface area contributed by atoms with Gasteiger partial charge in [0.2, 0.25) is 5.91 Å². The van der Waals surface area contributed by atoms with E-state index >= 15 is 0 Å².